The Labute approximate surface area is 168 Å². The van der Waals surface area contributed by atoms with Crippen LogP contribution in [0, 0.1) is 0 Å². The van der Waals surface area contributed by atoms with Crippen molar-refractivity contribution in [2.75, 3.05) is 7.11 Å². The van der Waals surface area contributed by atoms with E-state index in [0.717, 1.165) is 5.56 Å². The van der Waals surface area contributed by atoms with Crippen LogP contribution in [-0.2, 0) is 16.1 Å². The van der Waals surface area contributed by atoms with Crippen LogP contribution in [0.1, 0.15) is 24.1 Å². The maximum absolute atomic E-state index is 12.4. The molecule has 1 aliphatic rings. The molecule has 2 aromatic carbocycles. The second kappa shape index (κ2) is 8.41. The average Bonchev–Trinajstić information content (AvgIpc) is 2.66. The first-order chi connectivity index (χ1) is 13.0. The standard InChI is InChI=1S/C20H19ClN2O3S/c1-12-17(19(24)25-2)18(23-20(27)22-12)15-10-14(21)8-9-16(15)26-11-13-6-4-3-5-7-13/h3-10,18H,11H2,1-2H3,(H2,22,23,27)/t18-/m1/s1. The molecule has 0 aliphatic carbocycles. The lowest BCUT2D eigenvalue weighted by Gasteiger charge is -2.30. The van der Waals surface area contributed by atoms with Crippen LogP contribution in [0.25, 0.3) is 0 Å². The van der Waals surface area contributed by atoms with Crippen LogP contribution in [0.4, 0.5) is 0 Å². The van der Waals surface area contributed by atoms with Gasteiger partial charge in [-0.3, -0.25) is 0 Å². The van der Waals surface area contributed by atoms with E-state index in [0.29, 0.717) is 39.3 Å². The second-order valence-electron chi connectivity index (χ2n) is 6.02. The molecule has 0 radical (unpaired) electrons. The number of benzene rings is 2. The van der Waals surface area contributed by atoms with Gasteiger partial charge in [-0.15, -0.1) is 0 Å². The SMILES string of the molecule is COC(=O)C1=C(C)NC(=S)N[C@@H]1c1cc(Cl)ccc1OCc1ccccc1. The van der Waals surface area contributed by atoms with Crippen LogP contribution >= 0.6 is 23.8 Å². The Morgan fingerprint density at radius 1 is 1.22 bits per heavy atom. The highest BCUT2D eigenvalue weighted by Crippen LogP contribution is 2.35. The Kier molecular flexibility index (Phi) is 5.98. The predicted octanol–water partition coefficient (Wildman–Crippen LogP) is 3.88. The molecular formula is C20H19ClN2O3S. The lowest BCUT2D eigenvalue weighted by atomic mass is 9.95. The number of esters is 1. The Balaban J connectivity index is 1.98. The van der Waals surface area contributed by atoms with Crippen molar-refractivity contribution >= 4 is 34.9 Å². The first-order valence-corrected chi connectivity index (χ1v) is 9.11. The molecule has 1 heterocycles. The number of hydrogen-bond acceptors (Lipinski definition) is 4. The Hall–Kier alpha value is -2.57. The normalized spacial score (nSPS) is 16.4. The zero-order chi connectivity index (χ0) is 19.4. The molecule has 2 N–H and O–H groups in total. The highest BCUT2D eigenvalue weighted by Gasteiger charge is 2.32. The van der Waals surface area contributed by atoms with Gasteiger partial charge < -0.3 is 20.1 Å². The van der Waals surface area contributed by atoms with Crippen LogP contribution < -0.4 is 15.4 Å². The van der Waals surface area contributed by atoms with Gasteiger partial charge in [0, 0.05) is 16.3 Å². The summed E-state index contributed by atoms with van der Waals surface area (Å²) in [6.45, 7) is 2.17. The average molecular weight is 403 g/mol. The van der Waals surface area contributed by atoms with Crippen molar-refractivity contribution in [1.82, 2.24) is 10.6 Å². The molecule has 3 rings (SSSR count). The van der Waals surface area contributed by atoms with Gasteiger partial charge in [0.2, 0.25) is 0 Å². The summed E-state index contributed by atoms with van der Waals surface area (Å²) in [4.78, 5) is 12.4. The topological polar surface area (TPSA) is 59.6 Å². The summed E-state index contributed by atoms with van der Waals surface area (Å²) in [5, 5.41) is 7.03. The minimum Gasteiger partial charge on any atom is -0.489 e. The molecule has 0 saturated heterocycles. The molecular weight excluding hydrogens is 384 g/mol. The summed E-state index contributed by atoms with van der Waals surface area (Å²) >= 11 is 11.5. The van der Waals surface area contributed by atoms with Crippen molar-refractivity contribution in [1.29, 1.82) is 0 Å². The number of halogens is 1. The maximum Gasteiger partial charge on any atom is 0.337 e. The van der Waals surface area contributed by atoms with Gasteiger partial charge in [0.1, 0.15) is 12.4 Å². The third-order valence-electron chi connectivity index (χ3n) is 4.19. The van der Waals surface area contributed by atoms with Gasteiger partial charge in [-0.2, -0.15) is 0 Å². The van der Waals surface area contributed by atoms with E-state index in [9.17, 15) is 4.79 Å². The molecule has 0 saturated carbocycles. The van der Waals surface area contributed by atoms with Crippen LogP contribution in [0.5, 0.6) is 5.75 Å². The molecule has 2 aromatic rings. The third kappa shape index (κ3) is 4.40. The van der Waals surface area contributed by atoms with Crippen LogP contribution in [0.2, 0.25) is 5.02 Å². The highest BCUT2D eigenvalue weighted by atomic mass is 35.5. The fourth-order valence-corrected chi connectivity index (χ4v) is 3.37. The van der Waals surface area contributed by atoms with Gasteiger partial charge >= 0.3 is 5.97 Å². The summed E-state index contributed by atoms with van der Waals surface area (Å²) in [7, 11) is 1.34. The number of carbonyl (C=O) groups is 1. The summed E-state index contributed by atoms with van der Waals surface area (Å²) in [6.07, 6.45) is 0. The number of carbonyl (C=O) groups excluding carboxylic acids is 1. The number of thiocarbonyl (C=S) groups is 1. The molecule has 140 valence electrons. The van der Waals surface area contributed by atoms with E-state index in [-0.39, 0.29) is 0 Å². The van der Waals surface area contributed by atoms with E-state index in [2.05, 4.69) is 10.6 Å². The van der Waals surface area contributed by atoms with Crippen molar-refractivity contribution < 1.29 is 14.3 Å². The van der Waals surface area contributed by atoms with Crippen molar-refractivity contribution in [3.63, 3.8) is 0 Å². The smallest absolute Gasteiger partial charge is 0.337 e. The largest absolute Gasteiger partial charge is 0.489 e. The summed E-state index contributed by atoms with van der Waals surface area (Å²) in [5.41, 5.74) is 2.80. The molecule has 1 atom stereocenters. The molecule has 5 nitrogen and oxygen atoms in total. The number of methoxy groups -OCH3 is 1. The predicted molar refractivity (Wildman–Crippen MR) is 109 cm³/mol. The van der Waals surface area contributed by atoms with Gasteiger partial charge in [0.15, 0.2) is 5.11 Å². The summed E-state index contributed by atoms with van der Waals surface area (Å²) in [6, 6.07) is 14.6. The van der Waals surface area contributed by atoms with E-state index >= 15 is 0 Å². The molecule has 0 aromatic heterocycles. The number of rotatable bonds is 5. The Morgan fingerprint density at radius 3 is 2.67 bits per heavy atom. The number of nitrogens with one attached hydrogen (secondary N) is 2. The van der Waals surface area contributed by atoms with E-state index in [4.69, 9.17) is 33.3 Å². The van der Waals surface area contributed by atoms with E-state index in [1.807, 2.05) is 30.3 Å². The zero-order valence-corrected chi connectivity index (χ0v) is 16.5. The monoisotopic (exact) mass is 402 g/mol. The molecule has 1 aliphatic heterocycles. The highest BCUT2D eigenvalue weighted by molar-refractivity contribution is 7.80. The summed E-state index contributed by atoms with van der Waals surface area (Å²) in [5.74, 6) is 0.161. The summed E-state index contributed by atoms with van der Waals surface area (Å²) < 4.78 is 11.0. The Morgan fingerprint density at radius 2 is 1.96 bits per heavy atom. The lowest BCUT2D eigenvalue weighted by molar-refractivity contribution is -0.136. The van der Waals surface area contributed by atoms with Gasteiger partial charge in [-0.25, -0.2) is 4.79 Å². The molecule has 0 unspecified atom stereocenters. The van der Waals surface area contributed by atoms with Crippen LogP contribution in [0.3, 0.4) is 0 Å². The molecule has 27 heavy (non-hydrogen) atoms. The van der Waals surface area contributed by atoms with Gasteiger partial charge in [-0.05, 0) is 42.9 Å². The zero-order valence-electron chi connectivity index (χ0n) is 14.9. The number of hydrogen-bond donors (Lipinski definition) is 2. The molecule has 0 amide bonds. The van der Waals surface area contributed by atoms with E-state index in [1.165, 1.54) is 7.11 Å². The minimum absolute atomic E-state index is 0.390. The first kappa shape index (κ1) is 19.2. The third-order valence-corrected chi connectivity index (χ3v) is 4.65. The number of ether oxygens (including phenoxy) is 2. The molecule has 0 spiro atoms. The van der Waals surface area contributed by atoms with E-state index < -0.39 is 12.0 Å². The Bertz CT molecular complexity index is 899. The van der Waals surface area contributed by atoms with Crippen molar-refractivity contribution in [3.8, 4) is 5.75 Å². The van der Waals surface area contributed by atoms with Gasteiger partial charge in [-0.1, -0.05) is 41.9 Å². The quantitative estimate of drug-likeness (QED) is 0.584. The lowest BCUT2D eigenvalue weighted by Crippen LogP contribution is -2.45. The molecule has 7 heteroatoms. The fourth-order valence-electron chi connectivity index (χ4n) is 2.92. The molecule has 0 fully saturated rings. The van der Waals surface area contributed by atoms with Crippen LogP contribution in [0.15, 0.2) is 59.8 Å². The van der Waals surface area contributed by atoms with Gasteiger partial charge in [0.25, 0.3) is 0 Å². The minimum atomic E-state index is -0.532. The second-order valence-corrected chi connectivity index (χ2v) is 6.86. The first-order valence-electron chi connectivity index (χ1n) is 8.32. The van der Waals surface area contributed by atoms with Crippen molar-refractivity contribution in [2.24, 2.45) is 0 Å². The molecule has 0 bridgehead atoms. The van der Waals surface area contributed by atoms with E-state index in [1.54, 1.807) is 25.1 Å². The number of allylic oxidation sites excluding steroid dienone is 1. The van der Waals surface area contributed by atoms with Crippen molar-refractivity contribution in [2.45, 2.75) is 19.6 Å². The van der Waals surface area contributed by atoms with Crippen molar-refractivity contribution in [3.05, 3.63) is 76.0 Å². The van der Waals surface area contributed by atoms with Crippen LogP contribution in [-0.4, -0.2) is 18.2 Å². The fraction of sp³-hybridized carbons (Fsp3) is 0.200. The van der Waals surface area contributed by atoms with Gasteiger partial charge in [0.05, 0.1) is 18.7 Å². The maximum atomic E-state index is 12.4.